The maximum Gasteiger partial charge on any atom is 0.266 e. The molecule has 6 nitrogen and oxygen atoms in total. The predicted octanol–water partition coefficient (Wildman–Crippen LogP) is 11.2. The summed E-state index contributed by atoms with van der Waals surface area (Å²) >= 11 is 7.94. The second kappa shape index (κ2) is 12.5. The van der Waals surface area contributed by atoms with Crippen molar-refractivity contribution in [3.63, 3.8) is 0 Å². The van der Waals surface area contributed by atoms with Crippen LogP contribution in [0.1, 0.15) is 66.9 Å². The molecule has 0 saturated heterocycles. The Morgan fingerprint density at radius 2 is 1.06 bits per heavy atom. The van der Waals surface area contributed by atoms with Gasteiger partial charge in [0.1, 0.15) is 20.0 Å². The van der Waals surface area contributed by atoms with Gasteiger partial charge >= 0.3 is 0 Å². The molecule has 2 amide bonds. The van der Waals surface area contributed by atoms with Gasteiger partial charge in [0, 0.05) is 20.9 Å². The molecule has 2 unspecified atom stereocenters. The summed E-state index contributed by atoms with van der Waals surface area (Å²) in [5, 5.41) is 10.1. The number of carbonyl (C=O) groups excluding carboxylic acids is 2. The first-order valence-electron chi connectivity index (χ1n) is 16.6. The van der Waals surface area contributed by atoms with E-state index in [1.54, 1.807) is 57.5 Å². The summed E-state index contributed by atoms with van der Waals surface area (Å²) in [5.41, 5.74) is 6.72. The van der Waals surface area contributed by atoms with Crippen LogP contribution in [0.4, 0.5) is 10.0 Å². The summed E-state index contributed by atoms with van der Waals surface area (Å²) in [5.74, 6) is 0.829. The molecule has 2 N–H and O–H groups in total. The van der Waals surface area contributed by atoms with Gasteiger partial charge in [-0.15, -0.1) is 56.7 Å². The van der Waals surface area contributed by atoms with Gasteiger partial charge in [-0.05, 0) is 97.9 Å². The number of anilines is 2. The van der Waals surface area contributed by atoms with Crippen LogP contribution in [0.3, 0.4) is 0 Å². The van der Waals surface area contributed by atoms with E-state index in [1.165, 1.54) is 32.2 Å². The van der Waals surface area contributed by atoms with Crippen LogP contribution in [0, 0.1) is 11.8 Å². The number of hydrogen-bond acceptors (Lipinski definition) is 9. The summed E-state index contributed by atoms with van der Waals surface area (Å²) in [6.07, 6.45) is 6.27. The third-order valence-corrected chi connectivity index (χ3v) is 15.1. The van der Waals surface area contributed by atoms with Crippen LogP contribution in [-0.4, -0.2) is 21.8 Å². The first-order valence-corrected chi connectivity index (χ1v) is 20.7. The fraction of sp³-hybridized carbons (Fsp3) is 0.263. The second-order valence-corrected chi connectivity index (χ2v) is 18.5. The monoisotopic (exact) mass is 736 g/mol. The number of thiazole rings is 2. The van der Waals surface area contributed by atoms with E-state index in [0.29, 0.717) is 21.6 Å². The van der Waals surface area contributed by atoms with Crippen molar-refractivity contribution in [1.82, 2.24) is 9.97 Å². The van der Waals surface area contributed by atoms with Crippen molar-refractivity contribution in [2.75, 3.05) is 10.6 Å². The van der Waals surface area contributed by atoms with E-state index in [9.17, 15) is 9.59 Å². The third-order valence-electron chi connectivity index (χ3n) is 9.55. The van der Waals surface area contributed by atoms with Gasteiger partial charge in [-0.3, -0.25) is 9.59 Å². The lowest BCUT2D eigenvalue weighted by atomic mass is 9.88. The Bertz CT molecular complexity index is 2180. The number of benzene rings is 2. The molecular weight excluding hydrogens is 705 g/mol. The van der Waals surface area contributed by atoms with Gasteiger partial charge in [0.25, 0.3) is 11.8 Å². The second-order valence-electron chi connectivity index (χ2n) is 13.2. The van der Waals surface area contributed by atoms with E-state index in [2.05, 4.69) is 36.6 Å². The Morgan fingerprint density at radius 3 is 1.51 bits per heavy atom. The average molecular weight is 737 g/mol. The fourth-order valence-electron chi connectivity index (χ4n) is 7.00. The number of rotatable bonds is 6. The Labute approximate surface area is 303 Å². The first-order chi connectivity index (χ1) is 23.9. The molecule has 5 aromatic heterocycles. The summed E-state index contributed by atoms with van der Waals surface area (Å²) in [6, 6.07) is 19.9. The van der Waals surface area contributed by atoms with Gasteiger partial charge in [-0.2, -0.15) is 0 Å². The summed E-state index contributed by atoms with van der Waals surface area (Å²) in [7, 11) is 0. The van der Waals surface area contributed by atoms with Crippen molar-refractivity contribution in [1.29, 1.82) is 0 Å². The van der Waals surface area contributed by atoms with Crippen molar-refractivity contribution in [3.05, 3.63) is 91.3 Å². The number of aromatic nitrogens is 2. The highest BCUT2D eigenvalue weighted by Crippen LogP contribution is 2.49. The average Bonchev–Trinajstić information content (AvgIpc) is 3.91. The minimum atomic E-state index is -0.200. The molecule has 246 valence electrons. The maximum absolute atomic E-state index is 13.8. The number of fused-ring (bicyclic) bond motifs is 4. The van der Waals surface area contributed by atoms with Crippen LogP contribution in [-0.2, 0) is 25.7 Å². The molecule has 11 heteroatoms. The standard InChI is InChI=1S/C38H32N4O2S5/c1-19-11-13-21-29(17-19)48-37(31(21)35-39-23-7-3-5-9-25(23)46-35)41-33(43)27-15-16-28(45-27)34(44)42-38-32(22-14-12-20(2)18-30(22)49-38)36-40-24-8-4-6-10-26(24)47-36/h3-10,15-16,19-20H,11-14,17-18H2,1-2H3,(H,41,43)(H,42,44). The Balaban J connectivity index is 0.999. The Hall–Kier alpha value is -3.74. The molecule has 0 fully saturated rings. The van der Waals surface area contributed by atoms with Crippen molar-refractivity contribution in [2.45, 2.75) is 52.4 Å². The predicted molar refractivity (Wildman–Crippen MR) is 208 cm³/mol. The van der Waals surface area contributed by atoms with Crippen molar-refractivity contribution < 1.29 is 9.59 Å². The topological polar surface area (TPSA) is 84.0 Å². The molecule has 2 atom stereocenters. The molecule has 7 aromatic rings. The van der Waals surface area contributed by atoms with Gasteiger partial charge in [-0.25, -0.2) is 9.97 Å². The third kappa shape index (κ3) is 5.75. The highest BCUT2D eigenvalue weighted by molar-refractivity contribution is 7.23. The summed E-state index contributed by atoms with van der Waals surface area (Å²) in [4.78, 5) is 41.2. The quantitative estimate of drug-likeness (QED) is 0.178. The van der Waals surface area contributed by atoms with Gasteiger partial charge in [0.15, 0.2) is 0 Å². The van der Waals surface area contributed by atoms with E-state index in [1.807, 2.05) is 36.4 Å². The normalized spacial score (nSPS) is 17.3. The largest absolute Gasteiger partial charge is 0.312 e. The SMILES string of the molecule is CC1CCc2c(sc(NC(=O)c3ccc(C(=O)Nc4sc5c(c4-c4nc6ccccc6s4)CCC(C)C5)s3)c2-c2nc3ccccc3s2)C1. The van der Waals surface area contributed by atoms with E-state index in [-0.39, 0.29) is 11.8 Å². The van der Waals surface area contributed by atoms with Gasteiger partial charge in [0.05, 0.1) is 30.2 Å². The smallest absolute Gasteiger partial charge is 0.266 e. The molecule has 5 heterocycles. The van der Waals surface area contributed by atoms with Gasteiger partial charge in [-0.1, -0.05) is 38.1 Å². The van der Waals surface area contributed by atoms with E-state index in [0.717, 1.165) is 90.1 Å². The van der Waals surface area contributed by atoms with Crippen molar-refractivity contribution in [2.24, 2.45) is 11.8 Å². The zero-order chi connectivity index (χ0) is 33.2. The molecular formula is C38H32N4O2S5. The van der Waals surface area contributed by atoms with Crippen LogP contribution in [0.15, 0.2) is 60.7 Å². The Kier molecular flexibility index (Phi) is 8.00. The molecule has 0 saturated carbocycles. The van der Waals surface area contributed by atoms with E-state index < -0.39 is 0 Å². The van der Waals surface area contributed by atoms with Crippen LogP contribution in [0.5, 0.6) is 0 Å². The van der Waals surface area contributed by atoms with Crippen molar-refractivity contribution in [3.8, 4) is 21.1 Å². The van der Waals surface area contributed by atoms with Crippen LogP contribution in [0.25, 0.3) is 41.6 Å². The molecule has 0 bridgehead atoms. The van der Waals surface area contributed by atoms with Crippen LogP contribution >= 0.6 is 56.7 Å². The zero-order valence-corrected chi connectivity index (χ0v) is 31.0. The number of para-hydroxylation sites is 2. The number of hydrogen-bond donors (Lipinski definition) is 2. The number of thiophene rings is 3. The summed E-state index contributed by atoms with van der Waals surface area (Å²) in [6.45, 7) is 4.59. The van der Waals surface area contributed by atoms with Gasteiger partial charge in [0.2, 0.25) is 0 Å². The lowest BCUT2D eigenvalue weighted by Gasteiger charge is -2.18. The number of carbonyl (C=O) groups is 2. The highest BCUT2D eigenvalue weighted by Gasteiger charge is 2.30. The molecule has 0 radical (unpaired) electrons. The molecule has 2 aliphatic rings. The minimum Gasteiger partial charge on any atom is -0.312 e. The van der Waals surface area contributed by atoms with E-state index in [4.69, 9.17) is 9.97 Å². The van der Waals surface area contributed by atoms with Crippen molar-refractivity contribution >= 4 is 98.9 Å². The maximum atomic E-state index is 13.8. The molecule has 2 aliphatic carbocycles. The van der Waals surface area contributed by atoms with Crippen LogP contribution < -0.4 is 10.6 Å². The lowest BCUT2D eigenvalue weighted by Crippen LogP contribution is -2.11. The van der Waals surface area contributed by atoms with Gasteiger partial charge < -0.3 is 10.6 Å². The number of amides is 2. The van der Waals surface area contributed by atoms with Crippen LogP contribution in [0.2, 0.25) is 0 Å². The molecule has 9 rings (SSSR count). The molecule has 2 aromatic carbocycles. The lowest BCUT2D eigenvalue weighted by molar-refractivity contribution is 0.102. The molecule has 0 spiro atoms. The molecule has 0 aliphatic heterocycles. The minimum absolute atomic E-state index is 0.200. The zero-order valence-electron chi connectivity index (χ0n) is 26.9. The fourth-order valence-corrected chi connectivity index (χ4v) is 12.8. The van der Waals surface area contributed by atoms with E-state index >= 15 is 0 Å². The summed E-state index contributed by atoms with van der Waals surface area (Å²) < 4.78 is 2.28. The number of nitrogens with one attached hydrogen (secondary N) is 2. The number of nitrogens with zero attached hydrogens (tertiary/aromatic N) is 2. The first kappa shape index (κ1) is 31.3. The molecule has 49 heavy (non-hydrogen) atoms. The highest BCUT2D eigenvalue weighted by atomic mass is 32.1. The Morgan fingerprint density at radius 1 is 0.612 bits per heavy atom.